The van der Waals surface area contributed by atoms with Gasteiger partial charge in [0.15, 0.2) is 5.78 Å². The van der Waals surface area contributed by atoms with Crippen LogP contribution in [-0.4, -0.2) is 17.0 Å². The third kappa shape index (κ3) is 3.42. The third-order valence-electron chi connectivity index (χ3n) is 2.74. The Labute approximate surface area is 97.7 Å². The summed E-state index contributed by atoms with van der Waals surface area (Å²) in [7, 11) is 0. The maximum Gasteiger partial charge on any atom is 0.155 e. The zero-order valence-corrected chi connectivity index (χ0v) is 10.9. The molecule has 0 aromatic rings. The van der Waals surface area contributed by atoms with E-state index in [1.807, 2.05) is 26.8 Å². The van der Waals surface area contributed by atoms with Crippen molar-refractivity contribution in [3.05, 3.63) is 12.2 Å². The predicted octanol–water partition coefficient (Wildman–Crippen LogP) is 3.05. The van der Waals surface area contributed by atoms with E-state index in [4.69, 9.17) is 9.78 Å². The molecule has 0 saturated carbocycles. The number of hydrogen-bond acceptors (Lipinski definition) is 3. The molecule has 0 N–H and O–H groups in total. The van der Waals surface area contributed by atoms with Crippen molar-refractivity contribution in [1.29, 1.82) is 0 Å². The molecular formula is C13H22O3. The second kappa shape index (κ2) is 4.68. The lowest BCUT2D eigenvalue weighted by Gasteiger charge is -2.37. The van der Waals surface area contributed by atoms with E-state index in [0.29, 0.717) is 12.8 Å². The first-order chi connectivity index (χ1) is 7.25. The van der Waals surface area contributed by atoms with E-state index >= 15 is 0 Å². The van der Waals surface area contributed by atoms with Crippen LogP contribution in [-0.2, 0) is 14.6 Å². The van der Waals surface area contributed by atoms with Gasteiger partial charge in [0.2, 0.25) is 0 Å². The van der Waals surface area contributed by atoms with E-state index in [0.717, 1.165) is 0 Å². The van der Waals surface area contributed by atoms with Crippen molar-refractivity contribution in [2.45, 2.75) is 58.7 Å². The molecule has 1 atom stereocenters. The lowest BCUT2D eigenvalue weighted by molar-refractivity contribution is -0.402. The molecule has 0 aromatic carbocycles. The van der Waals surface area contributed by atoms with E-state index < -0.39 is 5.60 Å². The molecule has 0 aromatic heterocycles. The van der Waals surface area contributed by atoms with E-state index in [2.05, 4.69) is 13.8 Å². The first-order valence-corrected chi connectivity index (χ1v) is 5.84. The van der Waals surface area contributed by atoms with Crippen molar-refractivity contribution in [3.8, 4) is 0 Å². The number of rotatable bonds is 3. The highest BCUT2D eigenvalue weighted by molar-refractivity contribution is 5.90. The molecule has 0 saturated heterocycles. The van der Waals surface area contributed by atoms with Gasteiger partial charge in [0.1, 0.15) is 5.60 Å². The van der Waals surface area contributed by atoms with Gasteiger partial charge in [-0.2, -0.15) is 0 Å². The van der Waals surface area contributed by atoms with Crippen LogP contribution in [0.15, 0.2) is 12.2 Å². The third-order valence-corrected chi connectivity index (χ3v) is 2.74. The Morgan fingerprint density at radius 2 is 2.00 bits per heavy atom. The Kier molecular flexibility index (Phi) is 3.92. The molecule has 1 rings (SSSR count). The Morgan fingerprint density at radius 1 is 1.38 bits per heavy atom. The van der Waals surface area contributed by atoms with Gasteiger partial charge in [-0.15, -0.1) is 0 Å². The van der Waals surface area contributed by atoms with Crippen molar-refractivity contribution in [1.82, 2.24) is 0 Å². The van der Waals surface area contributed by atoms with Crippen LogP contribution in [0.2, 0.25) is 0 Å². The molecule has 0 bridgehead atoms. The quantitative estimate of drug-likeness (QED) is 0.548. The van der Waals surface area contributed by atoms with E-state index in [1.54, 1.807) is 6.08 Å². The number of ketones is 1. The number of allylic oxidation sites excluding steroid dienone is 1. The van der Waals surface area contributed by atoms with E-state index in [9.17, 15) is 4.79 Å². The second-order valence-corrected chi connectivity index (χ2v) is 5.69. The Balaban J connectivity index is 2.75. The van der Waals surface area contributed by atoms with Crippen molar-refractivity contribution in [2.24, 2.45) is 5.92 Å². The number of hydrogen-bond donors (Lipinski definition) is 0. The lowest BCUT2D eigenvalue weighted by atomic mass is 9.81. The van der Waals surface area contributed by atoms with Gasteiger partial charge in [-0.1, -0.05) is 13.8 Å². The van der Waals surface area contributed by atoms with Gasteiger partial charge >= 0.3 is 0 Å². The summed E-state index contributed by atoms with van der Waals surface area (Å²) in [5.74, 6) is 0.440. The maximum atomic E-state index is 11.2. The van der Waals surface area contributed by atoms with Crippen molar-refractivity contribution >= 4 is 5.78 Å². The average Bonchev–Trinajstić information content (AvgIpc) is 2.16. The molecule has 16 heavy (non-hydrogen) atoms. The van der Waals surface area contributed by atoms with Crippen LogP contribution in [0.1, 0.15) is 47.5 Å². The molecule has 1 aliphatic rings. The monoisotopic (exact) mass is 226 g/mol. The van der Waals surface area contributed by atoms with Crippen LogP contribution in [0.25, 0.3) is 0 Å². The second-order valence-electron chi connectivity index (χ2n) is 5.69. The fourth-order valence-electron chi connectivity index (χ4n) is 1.57. The van der Waals surface area contributed by atoms with Gasteiger partial charge in [0.25, 0.3) is 0 Å². The summed E-state index contributed by atoms with van der Waals surface area (Å²) in [4.78, 5) is 22.2. The van der Waals surface area contributed by atoms with Crippen LogP contribution in [0.4, 0.5) is 0 Å². The van der Waals surface area contributed by atoms with Gasteiger partial charge in [-0.25, -0.2) is 9.78 Å². The fourth-order valence-corrected chi connectivity index (χ4v) is 1.57. The van der Waals surface area contributed by atoms with Crippen molar-refractivity contribution in [3.63, 3.8) is 0 Å². The van der Waals surface area contributed by atoms with Gasteiger partial charge in [0.05, 0.1) is 5.60 Å². The minimum atomic E-state index is -0.457. The molecule has 0 heterocycles. The minimum absolute atomic E-state index is 0.163. The maximum absolute atomic E-state index is 11.2. The summed E-state index contributed by atoms with van der Waals surface area (Å²) in [6.45, 7) is 9.98. The highest BCUT2D eigenvalue weighted by atomic mass is 17.2. The molecule has 0 spiro atoms. The minimum Gasteiger partial charge on any atom is -0.295 e. The highest BCUT2D eigenvalue weighted by Crippen LogP contribution is 2.33. The first kappa shape index (κ1) is 13.4. The van der Waals surface area contributed by atoms with Crippen LogP contribution in [0.5, 0.6) is 0 Å². The summed E-state index contributed by atoms with van der Waals surface area (Å²) in [5, 5.41) is 0. The Morgan fingerprint density at radius 3 is 2.38 bits per heavy atom. The zero-order valence-electron chi connectivity index (χ0n) is 10.9. The van der Waals surface area contributed by atoms with Gasteiger partial charge in [-0.05, 0) is 45.3 Å². The Bertz CT molecular complexity index is 286. The molecular weight excluding hydrogens is 204 g/mol. The van der Waals surface area contributed by atoms with Crippen LogP contribution in [0, 0.1) is 5.92 Å². The summed E-state index contributed by atoms with van der Waals surface area (Å²) < 4.78 is 0. The average molecular weight is 226 g/mol. The highest BCUT2D eigenvalue weighted by Gasteiger charge is 2.37. The number of carbonyl (C=O) groups is 1. The molecule has 1 unspecified atom stereocenters. The lowest BCUT2D eigenvalue weighted by Crippen LogP contribution is -2.41. The van der Waals surface area contributed by atoms with Gasteiger partial charge in [-0.3, -0.25) is 4.79 Å². The predicted molar refractivity (Wildman–Crippen MR) is 62.9 cm³/mol. The first-order valence-electron chi connectivity index (χ1n) is 5.84. The molecule has 0 radical (unpaired) electrons. The van der Waals surface area contributed by atoms with Gasteiger partial charge in [0, 0.05) is 6.42 Å². The molecule has 3 heteroatoms. The van der Waals surface area contributed by atoms with E-state index in [-0.39, 0.29) is 17.3 Å². The van der Waals surface area contributed by atoms with Crippen LogP contribution < -0.4 is 0 Å². The molecule has 1 aliphatic carbocycles. The standard InChI is InChI=1S/C13H22O3/c1-10(2)13(16-15-12(3,4)5)8-6-11(14)7-9-13/h6,8,10H,7,9H2,1-5H3. The molecule has 0 aliphatic heterocycles. The van der Waals surface area contributed by atoms with Crippen LogP contribution in [0.3, 0.4) is 0 Å². The van der Waals surface area contributed by atoms with Crippen molar-refractivity contribution < 1.29 is 14.6 Å². The summed E-state index contributed by atoms with van der Waals surface area (Å²) >= 11 is 0. The fraction of sp³-hybridized carbons (Fsp3) is 0.769. The normalized spacial score (nSPS) is 26.5. The van der Waals surface area contributed by atoms with Crippen LogP contribution >= 0.6 is 0 Å². The summed E-state index contributed by atoms with van der Waals surface area (Å²) in [6.07, 6.45) is 4.67. The summed E-state index contributed by atoms with van der Waals surface area (Å²) in [5.41, 5.74) is -0.793. The van der Waals surface area contributed by atoms with Gasteiger partial charge < -0.3 is 0 Å². The summed E-state index contributed by atoms with van der Waals surface area (Å²) in [6, 6.07) is 0. The molecule has 0 fully saturated rings. The van der Waals surface area contributed by atoms with E-state index in [1.165, 1.54) is 0 Å². The topological polar surface area (TPSA) is 35.5 Å². The Hall–Kier alpha value is -0.670. The molecule has 3 nitrogen and oxygen atoms in total. The smallest absolute Gasteiger partial charge is 0.155 e. The molecule has 92 valence electrons. The zero-order chi connectivity index (χ0) is 12.4. The molecule has 0 amide bonds. The largest absolute Gasteiger partial charge is 0.295 e. The van der Waals surface area contributed by atoms with Crippen molar-refractivity contribution in [2.75, 3.05) is 0 Å². The SMILES string of the molecule is CC(C)C1(OOC(C)(C)C)C=CC(=O)CC1. The number of carbonyl (C=O) groups excluding carboxylic acids is 1.